The van der Waals surface area contributed by atoms with E-state index in [0.717, 1.165) is 53.7 Å². The minimum absolute atomic E-state index is 0.00722. The number of hydrogen-bond donors (Lipinski definition) is 3. The Bertz CT molecular complexity index is 1090. The molecule has 0 bridgehead atoms. The zero-order valence-corrected chi connectivity index (χ0v) is 20.6. The predicted molar refractivity (Wildman–Crippen MR) is 139 cm³/mol. The van der Waals surface area contributed by atoms with Gasteiger partial charge in [-0.25, -0.2) is 0 Å². The van der Waals surface area contributed by atoms with Crippen LogP contribution in [0.4, 0.5) is 0 Å². The average Bonchev–Trinajstić information content (AvgIpc) is 3.40. The summed E-state index contributed by atoms with van der Waals surface area (Å²) in [5, 5.41) is 19.5. The Kier molecular flexibility index (Phi) is 8.12. The van der Waals surface area contributed by atoms with Crippen LogP contribution in [-0.2, 0) is 22.6 Å². The van der Waals surface area contributed by atoms with E-state index in [1.54, 1.807) is 0 Å². The van der Waals surface area contributed by atoms with E-state index >= 15 is 0 Å². The fourth-order valence-electron chi connectivity index (χ4n) is 5.55. The van der Waals surface area contributed by atoms with Crippen molar-refractivity contribution >= 4 is 0 Å². The van der Waals surface area contributed by atoms with Crippen molar-refractivity contribution in [2.24, 2.45) is 5.73 Å². The van der Waals surface area contributed by atoms with Crippen LogP contribution in [0.15, 0.2) is 78.9 Å². The maximum atomic E-state index is 9.97. The first-order valence-corrected chi connectivity index (χ1v) is 12.9. The van der Waals surface area contributed by atoms with E-state index in [1.165, 1.54) is 0 Å². The third-order valence-corrected chi connectivity index (χ3v) is 7.58. The van der Waals surface area contributed by atoms with Crippen molar-refractivity contribution in [3.05, 3.63) is 107 Å². The van der Waals surface area contributed by atoms with Gasteiger partial charge in [0.2, 0.25) is 0 Å². The van der Waals surface area contributed by atoms with E-state index in [4.69, 9.17) is 15.2 Å². The van der Waals surface area contributed by atoms with Crippen molar-refractivity contribution in [2.45, 2.75) is 56.5 Å². The average molecular weight is 489 g/mol. The lowest BCUT2D eigenvalue weighted by molar-refractivity contribution is -0.264. The molecule has 0 saturated carbocycles. The monoisotopic (exact) mass is 488 g/mol. The van der Waals surface area contributed by atoms with Gasteiger partial charge in [0.25, 0.3) is 0 Å². The molecule has 0 amide bonds. The summed E-state index contributed by atoms with van der Waals surface area (Å²) in [7, 11) is 0. The third kappa shape index (κ3) is 5.39. The number of ether oxygens (including phenoxy) is 2. The van der Waals surface area contributed by atoms with Crippen molar-refractivity contribution in [1.82, 2.24) is 4.90 Å². The second kappa shape index (κ2) is 11.6. The van der Waals surface area contributed by atoms with E-state index in [9.17, 15) is 10.2 Å². The summed E-state index contributed by atoms with van der Waals surface area (Å²) in [4.78, 5) is 2.37. The molecule has 2 fully saturated rings. The highest BCUT2D eigenvalue weighted by Crippen LogP contribution is 2.47. The van der Waals surface area contributed by atoms with Gasteiger partial charge in [-0.05, 0) is 41.6 Å². The van der Waals surface area contributed by atoms with E-state index in [0.29, 0.717) is 6.54 Å². The number of hydrogen-bond acceptors (Lipinski definition) is 6. The molecule has 6 heteroatoms. The molecule has 0 aliphatic carbocycles. The van der Waals surface area contributed by atoms with Gasteiger partial charge in [0, 0.05) is 30.6 Å². The van der Waals surface area contributed by atoms with E-state index in [1.807, 2.05) is 42.5 Å². The van der Waals surface area contributed by atoms with Crippen LogP contribution >= 0.6 is 0 Å². The maximum absolute atomic E-state index is 9.97. The van der Waals surface area contributed by atoms with Crippen LogP contribution in [0.3, 0.4) is 0 Å². The van der Waals surface area contributed by atoms with Crippen molar-refractivity contribution in [2.75, 3.05) is 19.7 Å². The number of likely N-dealkylation sites (tertiary alicyclic amines) is 1. The smallest absolute Gasteiger partial charge is 0.184 e. The van der Waals surface area contributed by atoms with Gasteiger partial charge in [-0.3, -0.25) is 4.90 Å². The number of aliphatic hydroxyl groups is 2. The van der Waals surface area contributed by atoms with Crippen molar-refractivity contribution in [3.8, 4) is 0 Å². The minimum atomic E-state index is -0.528. The predicted octanol–water partition coefficient (Wildman–Crippen LogP) is 4.03. The molecule has 190 valence electrons. The molecule has 5 atom stereocenters. The summed E-state index contributed by atoms with van der Waals surface area (Å²) in [6, 6.07) is 26.7. The SMILES string of the molecule is NCc1ccc(C2O[C@H](CN3CCC[C@H]3CO)[C@@H](c3ccccc3)[C@H](c3ccc(CO)cc3)O2)cc1. The highest BCUT2D eigenvalue weighted by atomic mass is 16.7. The van der Waals surface area contributed by atoms with Crippen LogP contribution in [-0.4, -0.2) is 47.0 Å². The highest BCUT2D eigenvalue weighted by Gasteiger charge is 2.43. The van der Waals surface area contributed by atoms with E-state index in [-0.39, 0.29) is 37.4 Å². The Hall–Kier alpha value is -2.58. The molecule has 0 radical (unpaired) electrons. The molecule has 1 unspecified atom stereocenters. The number of benzene rings is 3. The number of nitrogens with two attached hydrogens (primary N) is 1. The maximum Gasteiger partial charge on any atom is 0.184 e. The van der Waals surface area contributed by atoms with Gasteiger partial charge in [0.15, 0.2) is 6.29 Å². The van der Waals surface area contributed by atoms with Gasteiger partial charge in [0.1, 0.15) is 0 Å². The van der Waals surface area contributed by atoms with Crippen molar-refractivity contribution in [3.63, 3.8) is 0 Å². The molecule has 2 aliphatic heterocycles. The summed E-state index contributed by atoms with van der Waals surface area (Å²) in [6.07, 6.45) is 1.18. The molecule has 4 N–H and O–H groups in total. The van der Waals surface area contributed by atoms with Gasteiger partial charge >= 0.3 is 0 Å². The third-order valence-electron chi connectivity index (χ3n) is 7.58. The first kappa shape index (κ1) is 25.1. The Labute approximate surface area is 213 Å². The van der Waals surface area contributed by atoms with Crippen LogP contribution in [0.5, 0.6) is 0 Å². The van der Waals surface area contributed by atoms with Crippen LogP contribution in [0.25, 0.3) is 0 Å². The second-order valence-electron chi connectivity index (χ2n) is 9.82. The molecule has 5 rings (SSSR count). The Morgan fingerprint density at radius 2 is 1.50 bits per heavy atom. The lowest BCUT2D eigenvalue weighted by Crippen LogP contribution is -2.46. The molecular formula is C30H36N2O4. The Morgan fingerprint density at radius 1 is 0.806 bits per heavy atom. The van der Waals surface area contributed by atoms with Gasteiger partial charge in [-0.1, -0.05) is 78.9 Å². The van der Waals surface area contributed by atoms with Crippen LogP contribution in [0.1, 0.15) is 59.0 Å². The highest BCUT2D eigenvalue weighted by molar-refractivity contribution is 5.32. The quantitative estimate of drug-likeness (QED) is 0.444. The fourth-order valence-corrected chi connectivity index (χ4v) is 5.55. The molecule has 2 saturated heterocycles. The zero-order valence-electron chi connectivity index (χ0n) is 20.6. The second-order valence-corrected chi connectivity index (χ2v) is 9.82. The fraction of sp³-hybridized carbons (Fsp3) is 0.400. The van der Waals surface area contributed by atoms with Gasteiger partial charge in [-0.15, -0.1) is 0 Å². The molecule has 2 aliphatic rings. The number of aliphatic hydroxyl groups excluding tert-OH is 2. The molecule has 36 heavy (non-hydrogen) atoms. The molecule has 0 spiro atoms. The normalized spacial score (nSPS) is 26.8. The van der Waals surface area contributed by atoms with Crippen molar-refractivity contribution < 1.29 is 19.7 Å². The minimum Gasteiger partial charge on any atom is -0.395 e. The van der Waals surface area contributed by atoms with E-state index < -0.39 is 6.29 Å². The molecule has 0 aromatic heterocycles. The summed E-state index contributed by atoms with van der Waals surface area (Å²) in [5.41, 5.74) is 10.9. The summed E-state index contributed by atoms with van der Waals surface area (Å²) >= 11 is 0. The van der Waals surface area contributed by atoms with Gasteiger partial charge in [0.05, 0.1) is 25.4 Å². The largest absolute Gasteiger partial charge is 0.395 e. The molecule has 2 heterocycles. The molecule has 3 aromatic rings. The molecular weight excluding hydrogens is 452 g/mol. The van der Waals surface area contributed by atoms with E-state index in [2.05, 4.69) is 41.3 Å². The lowest BCUT2D eigenvalue weighted by Gasteiger charge is -2.44. The summed E-state index contributed by atoms with van der Waals surface area (Å²) in [6.45, 7) is 2.33. The van der Waals surface area contributed by atoms with Crippen LogP contribution in [0, 0.1) is 0 Å². The first-order valence-electron chi connectivity index (χ1n) is 12.9. The summed E-state index contributed by atoms with van der Waals surface area (Å²) < 4.78 is 13.5. The summed E-state index contributed by atoms with van der Waals surface area (Å²) in [5.74, 6) is -0.0364. The Balaban J connectivity index is 1.54. The first-order chi connectivity index (χ1) is 17.7. The number of rotatable bonds is 8. The van der Waals surface area contributed by atoms with Crippen LogP contribution in [0.2, 0.25) is 0 Å². The number of nitrogens with zero attached hydrogens (tertiary/aromatic N) is 1. The van der Waals surface area contributed by atoms with Crippen molar-refractivity contribution in [1.29, 1.82) is 0 Å². The van der Waals surface area contributed by atoms with Gasteiger partial charge < -0.3 is 25.4 Å². The van der Waals surface area contributed by atoms with Crippen LogP contribution < -0.4 is 5.73 Å². The lowest BCUT2D eigenvalue weighted by atomic mass is 9.83. The molecule has 3 aromatic carbocycles. The standard InChI is InChI=1S/C30H36N2O4/c31-17-21-8-14-25(15-9-21)30-35-27(18-32-16-4-7-26(32)20-34)28(23-5-2-1-3-6-23)29(36-30)24-12-10-22(19-33)11-13-24/h1-3,5-6,8-15,26-30,33-34H,4,7,16-20,31H2/t26-,27+,28+,29-,30?/m0/s1. The Morgan fingerprint density at radius 3 is 2.17 bits per heavy atom. The molecule has 6 nitrogen and oxygen atoms in total. The van der Waals surface area contributed by atoms with Gasteiger partial charge in [-0.2, -0.15) is 0 Å². The zero-order chi connectivity index (χ0) is 24.9. The topological polar surface area (TPSA) is 88.2 Å².